The Kier molecular flexibility index (Phi) is 3.62. The van der Waals surface area contributed by atoms with E-state index in [0.29, 0.717) is 11.3 Å². The molecule has 0 saturated carbocycles. The number of hydrogen-bond donors (Lipinski definition) is 0. The molecule has 0 amide bonds. The lowest BCUT2D eigenvalue weighted by Crippen LogP contribution is -2.18. The van der Waals surface area contributed by atoms with Crippen LogP contribution in [0.3, 0.4) is 0 Å². The second-order valence-corrected chi connectivity index (χ2v) is 3.78. The topological polar surface area (TPSA) is 65.7 Å². The van der Waals surface area contributed by atoms with Crippen LogP contribution in [-0.2, 0) is 9.53 Å². The van der Waals surface area contributed by atoms with E-state index in [1.807, 2.05) is 0 Å². The maximum Gasteiger partial charge on any atom is 0.417 e. The highest BCUT2D eigenvalue weighted by Gasteiger charge is 2.06. The van der Waals surface area contributed by atoms with Crippen molar-refractivity contribution >= 4 is 17.4 Å². The molecule has 0 spiro atoms. The molecule has 5 nitrogen and oxygen atoms in total. The molecule has 1 aromatic heterocycles. The van der Waals surface area contributed by atoms with E-state index in [0.717, 1.165) is 5.39 Å². The molecule has 0 aliphatic rings. The van der Waals surface area contributed by atoms with Crippen LogP contribution in [0.4, 0.5) is 0 Å². The van der Waals surface area contributed by atoms with Gasteiger partial charge in [0, 0.05) is 17.5 Å². The number of rotatable bonds is 5. The van der Waals surface area contributed by atoms with Gasteiger partial charge in [0.15, 0.2) is 0 Å². The van der Waals surface area contributed by atoms with Gasteiger partial charge >= 0.3 is 12.1 Å². The first-order chi connectivity index (χ1) is 8.69. The highest BCUT2D eigenvalue weighted by atomic mass is 16.6. The monoisotopic (exact) mass is 247 g/mol. The molecule has 1 radical (unpaired) electrons. The Morgan fingerprint density at radius 1 is 1.33 bits per heavy atom. The van der Waals surface area contributed by atoms with E-state index < -0.39 is 5.63 Å². The predicted octanol–water partition coefficient (Wildman–Crippen LogP) is 1.64. The number of fused-ring (bicyclic) bond motifs is 1. The Morgan fingerprint density at radius 2 is 2.11 bits per heavy atom. The predicted molar refractivity (Wildman–Crippen MR) is 64.2 cm³/mol. The SMILES string of the molecule is CC(CO[C]=O)Oc1ccc2ccc(=O)oc2c1. The molecule has 1 heterocycles. The highest BCUT2D eigenvalue weighted by Crippen LogP contribution is 2.20. The van der Waals surface area contributed by atoms with E-state index >= 15 is 0 Å². The fourth-order valence-electron chi connectivity index (χ4n) is 1.53. The number of ether oxygens (including phenoxy) is 2. The fraction of sp³-hybridized carbons (Fsp3) is 0.231. The molecule has 0 N–H and O–H groups in total. The average molecular weight is 247 g/mol. The quantitative estimate of drug-likeness (QED) is 0.751. The van der Waals surface area contributed by atoms with Crippen LogP contribution >= 0.6 is 0 Å². The second kappa shape index (κ2) is 5.35. The molecule has 5 heteroatoms. The maximum atomic E-state index is 11.1. The Bertz CT molecular complexity index is 602. The molecular weight excluding hydrogens is 236 g/mol. The molecule has 2 rings (SSSR count). The van der Waals surface area contributed by atoms with Crippen LogP contribution in [0.2, 0.25) is 0 Å². The van der Waals surface area contributed by atoms with Crippen molar-refractivity contribution in [2.75, 3.05) is 6.61 Å². The molecule has 0 aliphatic heterocycles. The van der Waals surface area contributed by atoms with E-state index in [1.165, 1.54) is 12.5 Å². The van der Waals surface area contributed by atoms with E-state index in [9.17, 15) is 9.59 Å². The van der Waals surface area contributed by atoms with Gasteiger partial charge in [-0.15, -0.1) is 0 Å². The third-order valence-electron chi connectivity index (χ3n) is 2.31. The van der Waals surface area contributed by atoms with Gasteiger partial charge in [0.05, 0.1) is 0 Å². The summed E-state index contributed by atoms with van der Waals surface area (Å²) in [6, 6.07) is 8.20. The molecule has 0 bridgehead atoms. The first-order valence-electron chi connectivity index (χ1n) is 5.38. The Morgan fingerprint density at radius 3 is 2.89 bits per heavy atom. The van der Waals surface area contributed by atoms with Gasteiger partial charge in [0.1, 0.15) is 24.0 Å². The number of carbonyl (C=O) groups excluding carboxylic acids is 1. The van der Waals surface area contributed by atoms with Crippen molar-refractivity contribution in [3.05, 3.63) is 40.8 Å². The van der Waals surface area contributed by atoms with Crippen LogP contribution in [0.15, 0.2) is 39.5 Å². The van der Waals surface area contributed by atoms with E-state index in [2.05, 4.69) is 4.74 Å². The maximum absolute atomic E-state index is 11.1. The Hall–Kier alpha value is -2.30. The summed E-state index contributed by atoms with van der Waals surface area (Å²) in [4.78, 5) is 21.0. The van der Waals surface area contributed by atoms with Crippen molar-refractivity contribution in [3.8, 4) is 5.75 Å². The first kappa shape index (κ1) is 12.2. The third-order valence-corrected chi connectivity index (χ3v) is 2.31. The minimum Gasteiger partial charge on any atom is -0.487 e. The zero-order chi connectivity index (χ0) is 13.0. The van der Waals surface area contributed by atoms with Gasteiger partial charge in [-0.3, -0.25) is 0 Å². The zero-order valence-corrected chi connectivity index (χ0v) is 9.71. The van der Waals surface area contributed by atoms with Gasteiger partial charge < -0.3 is 13.9 Å². The molecule has 18 heavy (non-hydrogen) atoms. The van der Waals surface area contributed by atoms with Crippen molar-refractivity contribution in [3.63, 3.8) is 0 Å². The van der Waals surface area contributed by atoms with Crippen LogP contribution in [0.25, 0.3) is 11.0 Å². The van der Waals surface area contributed by atoms with Gasteiger partial charge in [-0.05, 0) is 25.1 Å². The van der Waals surface area contributed by atoms with Crippen molar-refractivity contribution in [2.24, 2.45) is 0 Å². The summed E-state index contributed by atoms with van der Waals surface area (Å²) in [6.07, 6.45) is -0.306. The van der Waals surface area contributed by atoms with Crippen molar-refractivity contribution in [1.29, 1.82) is 0 Å². The second-order valence-electron chi connectivity index (χ2n) is 3.78. The van der Waals surface area contributed by atoms with Gasteiger partial charge in [0.25, 0.3) is 0 Å². The van der Waals surface area contributed by atoms with Crippen LogP contribution in [0.1, 0.15) is 6.92 Å². The molecule has 1 aromatic carbocycles. The van der Waals surface area contributed by atoms with Crippen LogP contribution < -0.4 is 10.4 Å². The molecule has 1 unspecified atom stereocenters. The van der Waals surface area contributed by atoms with E-state index in [-0.39, 0.29) is 12.7 Å². The number of hydrogen-bond acceptors (Lipinski definition) is 5. The molecule has 0 saturated heterocycles. The summed E-state index contributed by atoms with van der Waals surface area (Å²) in [5, 5.41) is 0.812. The lowest BCUT2D eigenvalue weighted by atomic mass is 10.2. The highest BCUT2D eigenvalue weighted by molar-refractivity contribution is 5.77. The average Bonchev–Trinajstić information content (AvgIpc) is 2.36. The van der Waals surface area contributed by atoms with Crippen molar-refractivity contribution in [2.45, 2.75) is 13.0 Å². The standard InChI is InChI=1S/C13H11O5/c1-9(7-16-8-14)17-11-4-2-10-3-5-13(15)18-12(10)6-11/h2-6,9H,7H2,1H3. The van der Waals surface area contributed by atoms with Gasteiger partial charge in [0.2, 0.25) is 0 Å². The lowest BCUT2D eigenvalue weighted by Gasteiger charge is -2.13. The molecule has 93 valence electrons. The third kappa shape index (κ3) is 2.88. The molecule has 0 aliphatic carbocycles. The summed E-state index contributed by atoms with van der Waals surface area (Å²) in [7, 11) is 0. The smallest absolute Gasteiger partial charge is 0.417 e. The van der Waals surface area contributed by atoms with Gasteiger partial charge in [-0.1, -0.05) is 0 Å². The van der Waals surface area contributed by atoms with Crippen LogP contribution in [0, 0.1) is 0 Å². The molecule has 0 fully saturated rings. The summed E-state index contributed by atoms with van der Waals surface area (Å²) < 4.78 is 15.0. The largest absolute Gasteiger partial charge is 0.487 e. The Balaban J connectivity index is 2.19. The van der Waals surface area contributed by atoms with E-state index in [1.54, 1.807) is 31.2 Å². The van der Waals surface area contributed by atoms with Crippen LogP contribution in [0.5, 0.6) is 5.75 Å². The minimum atomic E-state index is -0.411. The van der Waals surface area contributed by atoms with Crippen molar-refractivity contribution < 1.29 is 18.7 Å². The van der Waals surface area contributed by atoms with Gasteiger partial charge in [-0.2, -0.15) is 0 Å². The Labute approximate surface area is 103 Å². The molecule has 2 aromatic rings. The fourth-order valence-corrected chi connectivity index (χ4v) is 1.53. The normalized spacial score (nSPS) is 12.1. The van der Waals surface area contributed by atoms with Crippen molar-refractivity contribution in [1.82, 2.24) is 0 Å². The van der Waals surface area contributed by atoms with Gasteiger partial charge in [-0.25, -0.2) is 9.59 Å². The summed E-state index contributed by atoms with van der Waals surface area (Å²) in [5.74, 6) is 0.541. The van der Waals surface area contributed by atoms with Crippen LogP contribution in [-0.4, -0.2) is 19.2 Å². The van der Waals surface area contributed by atoms with E-state index in [4.69, 9.17) is 9.15 Å². The molecule has 1 atom stereocenters. The summed E-state index contributed by atoms with van der Waals surface area (Å²) in [5.41, 5.74) is 0.0432. The number of benzene rings is 1. The summed E-state index contributed by atoms with van der Waals surface area (Å²) in [6.45, 7) is 3.20. The first-order valence-corrected chi connectivity index (χ1v) is 5.38. The lowest BCUT2D eigenvalue weighted by molar-refractivity contribution is 0.132. The zero-order valence-electron chi connectivity index (χ0n) is 9.71. The summed E-state index contributed by atoms with van der Waals surface area (Å²) >= 11 is 0. The molecular formula is C13H11O5. The minimum absolute atomic E-state index is 0.111.